The van der Waals surface area contributed by atoms with E-state index in [9.17, 15) is 0 Å². The van der Waals surface area contributed by atoms with Crippen molar-refractivity contribution in [3.63, 3.8) is 0 Å². The Labute approximate surface area is 108 Å². The van der Waals surface area contributed by atoms with Gasteiger partial charge < -0.3 is 4.74 Å². The number of allylic oxidation sites excluding steroid dienone is 4. The molecule has 0 saturated heterocycles. The molecule has 2 aliphatic rings. The Morgan fingerprint density at radius 1 is 1.18 bits per heavy atom. The van der Waals surface area contributed by atoms with E-state index < -0.39 is 0 Å². The number of rotatable bonds is 2. The predicted octanol–water partition coefficient (Wildman–Crippen LogP) is 4.41. The van der Waals surface area contributed by atoms with Gasteiger partial charge in [-0.25, -0.2) is 4.98 Å². The molecule has 1 aromatic heterocycles. The minimum Gasteiger partial charge on any atom is -0.473 e. The molecule has 0 aliphatic carbocycles. The van der Waals surface area contributed by atoms with Crippen LogP contribution in [0.2, 0.25) is 0 Å². The van der Waals surface area contributed by atoms with Crippen LogP contribution >= 0.6 is 23.1 Å². The summed E-state index contributed by atoms with van der Waals surface area (Å²) < 4.78 is 5.18. The van der Waals surface area contributed by atoms with Crippen molar-refractivity contribution in [1.82, 2.24) is 4.98 Å². The minimum atomic E-state index is 0.900. The van der Waals surface area contributed by atoms with Crippen LogP contribution in [-0.2, 0) is 4.74 Å². The van der Waals surface area contributed by atoms with Gasteiger partial charge in [0.2, 0.25) is 0 Å². The fourth-order valence-corrected chi connectivity index (χ4v) is 3.28. The van der Waals surface area contributed by atoms with E-state index in [1.807, 2.05) is 6.08 Å². The first-order valence-electron chi connectivity index (χ1n) is 5.39. The summed E-state index contributed by atoms with van der Waals surface area (Å²) in [6.45, 7) is 0. The maximum atomic E-state index is 5.18. The Hall–Kier alpha value is -1.26. The zero-order valence-corrected chi connectivity index (χ0v) is 10.8. The average Bonchev–Trinajstić information content (AvgIpc) is 2.90. The molecule has 2 aliphatic heterocycles. The van der Waals surface area contributed by atoms with Gasteiger partial charge in [-0.15, -0.1) is 23.1 Å². The van der Waals surface area contributed by atoms with Crippen LogP contribution in [0.1, 0.15) is 23.5 Å². The summed E-state index contributed by atoms with van der Waals surface area (Å²) in [5, 5.41) is 7.51. The molecule has 0 amide bonds. The van der Waals surface area contributed by atoms with Crippen LogP contribution in [0.5, 0.6) is 0 Å². The number of ether oxygens (including phenoxy) is 1. The Morgan fingerprint density at radius 3 is 2.88 bits per heavy atom. The van der Waals surface area contributed by atoms with Crippen LogP contribution < -0.4 is 0 Å². The van der Waals surface area contributed by atoms with Crippen molar-refractivity contribution in [2.75, 3.05) is 0 Å². The highest BCUT2D eigenvalue weighted by atomic mass is 32.2. The van der Waals surface area contributed by atoms with Crippen molar-refractivity contribution in [2.24, 2.45) is 0 Å². The standard InChI is InChI=1S/C13H11NOS2/c1-3-10(7-15-5-1)12-9-17-13(14-12)11-4-2-6-16-8-11/h1-2,5-9H,3-4H2. The molecule has 0 N–H and O–H groups in total. The van der Waals surface area contributed by atoms with E-state index in [1.54, 1.807) is 35.6 Å². The molecular formula is C13H11NOS2. The third kappa shape index (κ3) is 2.37. The molecular weight excluding hydrogens is 250 g/mol. The number of hydrogen-bond donors (Lipinski definition) is 0. The Morgan fingerprint density at radius 2 is 2.12 bits per heavy atom. The van der Waals surface area contributed by atoms with Gasteiger partial charge in [0.25, 0.3) is 0 Å². The van der Waals surface area contributed by atoms with Crippen LogP contribution in [-0.4, -0.2) is 4.98 Å². The largest absolute Gasteiger partial charge is 0.473 e. The van der Waals surface area contributed by atoms with E-state index >= 15 is 0 Å². The molecule has 0 bridgehead atoms. The molecule has 1 aromatic rings. The highest BCUT2D eigenvalue weighted by Gasteiger charge is 2.12. The second kappa shape index (κ2) is 4.94. The van der Waals surface area contributed by atoms with Gasteiger partial charge in [-0.3, -0.25) is 0 Å². The van der Waals surface area contributed by atoms with Crippen molar-refractivity contribution in [1.29, 1.82) is 0 Å². The van der Waals surface area contributed by atoms with E-state index in [1.165, 1.54) is 5.57 Å². The second-order valence-electron chi connectivity index (χ2n) is 3.75. The summed E-state index contributed by atoms with van der Waals surface area (Å²) in [6, 6.07) is 0. The lowest BCUT2D eigenvalue weighted by Gasteiger charge is -2.06. The first-order chi connectivity index (χ1) is 8.43. The number of hydrogen-bond acceptors (Lipinski definition) is 4. The first kappa shape index (κ1) is 10.9. The maximum absolute atomic E-state index is 5.18. The molecule has 17 heavy (non-hydrogen) atoms. The van der Waals surface area contributed by atoms with Crippen LogP contribution in [0.25, 0.3) is 11.1 Å². The van der Waals surface area contributed by atoms with Crippen molar-refractivity contribution in [2.45, 2.75) is 12.8 Å². The van der Waals surface area contributed by atoms with Gasteiger partial charge in [0, 0.05) is 11.0 Å². The highest BCUT2D eigenvalue weighted by Crippen LogP contribution is 2.32. The Balaban J connectivity index is 1.83. The summed E-state index contributed by atoms with van der Waals surface area (Å²) in [5.41, 5.74) is 3.49. The smallest absolute Gasteiger partial charge is 0.120 e. The SMILES string of the molecule is C1=COC=C(c2csc(C3=CSC=CC3)n2)C1. The minimum absolute atomic E-state index is 0.900. The monoisotopic (exact) mass is 261 g/mol. The van der Waals surface area contributed by atoms with Crippen LogP contribution in [0.15, 0.2) is 40.9 Å². The third-order valence-corrected chi connectivity index (χ3v) is 4.24. The summed E-state index contributed by atoms with van der Waals surface area (Å²) in [5.74, 6) is 0. The lowest BCUT2D eigenvalue weighted by Crippen LogP contribution is -1.90. The van der Waals surface area contributed by atoms with Gasteiger partial charge in [0.15, 0.2) is 0 Å². The molecule has 2 nitrogen and oxygen atoms in total. The van der Waals surface area contributed by atoms with Crippen molar-refractivity contribution in [3.05, 3.63) is 51.6 Å². The lowest BCUT2D eigenvalue weighted by atomic mass is 10.1. The molecule has 0 spiro atoms. The molecule has 0 unspecified atom stereocenters. The number of thioether (sulfide) groups is 1. The molecule has 86 valence electrons. The topological polar surface area (TPSA) is 22.1 Å². The van der Waals surface area contributed by atoms with Crippen molar-refractivity contribution in [3.8, 4) is 0 Å². The van der Waals surface area contributed by atoms with Crippen molar-refractivity contribution < 1.29 is 4.74 Å². The van der Waals surface area contributed by atoms with E-state index in [2.05, 4.69) is 27.3 Å². The summed E-state index contributed by atoms with van der Waals surface area (Å²) in [7, 11) is 0. The quantitative estimate of drug-likeness (QED) is 0.787. The highest BCUT2D eigenvalue weighted by molar-refractivity contribution is 8.05. The normalized spacial score (nSPS) is 18.6. The van der Waals surface area contributed by atoms with Gasteiger partial charge in [-0.05, 0) is 35.3 Å². The average molecular weight is 261 g/mol. The van der Waals surface area contributed by atoms with Gasteiger partial charge in [-0.1, -0.05) is 6.08 Å². The van der Waals surface area contributed by atoms with Crippen LogP contribution in [0.4, 0.5) is 0 Å². The number of aromatic nitrogens is 1. The van der Waals surface area contributed by atoms with Gasteiger partial charge in [-0.2, -0.15) is 0 Å². The first-order valence-corrected chi connectivity index (χ1v) is 7.21. The fourth-order valence-electron chi connectivity index (χ4n) is 1.67. The third-order valence-electron chi connectivity index (χ3n) is 2.55. The zero-order chi connectivity index (χ0) is 11.5. The Bertz CT molecular complexity index is 491. The summed E-state index contributed by atoms with van der Waals surface area (Å²) in [4.78, 5) is 4.68. The lowest BCUT2D eigenvalue weighted by molar-refractivity contribution is 0.397. The molecule has 0 aromatic carbocycles. The maximum Gasteiger partial charge on any atom is 0.120 e. The van der Waals surface area contributed by atoms with E-state index in [0.29, 0.717) is 0 Å². The summed E-state index contributed by atoms with van der Waals surface area (Å²) in [6.07, 6.45) is 9.55. The molecule has 0 radical (unpaired) electrons. The second-order valence-corrected chi connectivity index (χ2v) is 5.39. The van der Waals surface area contributed by atoms with E-state index in [-0.39, 0.29) is 0 Å². The van der Waals surface area contributed by atoms with E-state index in [4.69, 9.17) is 4.74 Å². The zero-order valence-electron chi connectivity index (χ0n) is 9.13. The predicted molar refractivity (Wildman–Crippen MR) is 74.3 cm³/mol. The van der Waals surface area contributed by atoms with Gasteiger partial charge >= 0.3 is 0 Å². The van der Waals surface area contributed by atoms with Crippen molar-refractivity contribution >= 4 is 34.2 Å². The number of nitrogens with zero attached hydrogens (tertiary/aromatic N) is 1. The molecule has 3 heterocycles. The Kier molecular flexibility index (Phi) is 3.16. The summed E-state index contributed by atoms with van der Waals surface area (Å²) >= 11 is 3.42. The van der Waals surface area contributed by atoms with Crippen LogP contribution in [0, 0.1) is 0 Å². The molecule has 3 rings (SSSR count). The van der Waals surface area contributed by atoms with Gasteiger partial charge in [0.05, 0.1) is 18.2 Å². The molecule has 0 atom stereocenters. The molecule has 0 fully saturated rings. The molecule has 4 heteroatoms. The fraction of sp³-hybridized carbons (Fsp3) is 0.154. The number of thiazole rings is 1. The molecule has 0 saturated carbocycles. The van der Waals surface area contributed by atoms with E-state index in [0.717, 1.165) is 29.1 Å². The van der Waals surface area contributed by atoms with Crippen LogP contribution in [0.3, 0.4) is 0 Å². The van der Waals surface area contributed by atoms with Gasteiger partial charge in [0.1, 0.15) is 5.01 Å².